The number of hydrogen-bond donors (Lipinski definition) is 2. The Balaban J connectivity index is 2.05. The fourth-order valence-electron chi connectivity index (χ4n) is 1.70. The van der Waals surface area contributed by atoms with Gasteiger partial charge in [-0.3, -0.25) is 0 Å². The summed E-state index contributed by atoms with van der Waals surface area (Å²) in [5.74, 6) is 0. The molecular weight excluding hydrogens is 328 g/mol. The Hall–Kier alpha value is -0.910. The molecular formula is C13H13BrN2S2. The quantitative estimate of drug-likeness (QED) is 0.813. The number of halogens is 1. The van der Waals surface area contributed by atoms with Crippen LogP contribution in [0.3, 0.4) is 0 Å². The molecule has 0 unspecified atom stereocenters. The van der Waals surface area contributed by atoms with Crippen LogP contribution >= 0.6 is 39.5 Å². The van der Waals surface area contributed by atoms with Gasteiger partial charge in [0.1, 0.15) is 4.99 Å². The predicted molar refractivity (Wildman–Crippen MR) is 86.5 cm³/mol. The van der Waals surface area contributed by atoms with Gasteiger partial charge in [-0.05, 0) is 45.9 Å². The van der Waals surface area contributed by atoms with Crippen LogP contribution in [0.4, 0.5) is 5.69 Å². The van der Waals surface area contributed by atoms with Gasteiger partial charge in [-0.1, -0.05) is 24.4 Å². The monoisotopic (exact) mass is 340 g/mol. The maximum absolute atomic E-state index is 5.75. The second-order valence-electron chi connectivity index (χ2n) is 3.78. The van der Waals surface area contributed by atoms with E-state index in [0.717, 1.165) is 28.7 Å². The molecule has 2 rings (SSSR count). The number of thiocarbonyl (C=S) groups is 1. The highest BCUT2D eigenvalue weighted by Crippen LogP contribution is 2.24. The van der Waals surface area contributed by atoms with Crippen LogP contribution in [0.25, 0.3) is 0 Å². The molecule has 0 aliphatic carbocycles. The minimum absolute atomic E-state index is 0.404. The van der Waals surface area contributed by atoms with Crippen molar-refractivity contribution in [1.29, 1.82) is 0 Å². The van der Waals surface area contributed by atoms with Crippen molar-refractivity contribution in [2.45, 2.75) is 6.42 Å². The van der Waals surface area contributed by atoms with Crippen LogP contribution < -0.4 is 11.1 Å². The molecule has 0 aliphatic rings. The zero-order valence-electron chi connectivity index (χ0n) is 9.65. The first-order valence-corrected chi connectivity index (χ1v) is 7.61. The van der Waals surface area contributed by atoms with E-state index in [2.05, 4.69) is 38.8 Å². The van der Waals surface area contributed by atoms with E-state index in [9.17, 15) is 0 Å². The minimum Gasteiger partial charge on any atom is -0.389 e. The summed E-state index contributed by atoms with van der Waals surface area (Å²) in [5.41, 5.74) is 7.60. The van der Waals surface area contributed by atoms with Gasteiger partial charge in [0.2, 0.25) is 0 Å². The molecule has 0 saturated heterocycles. The van der Waals surface area contributed by atoms with Crippen molar-refractivity contribution in [2.24, 2.45) is 5.73 Å². The van der Waals surface area contributed by atoms with E-state index in [-0.39, 0.29) is 0 Å². The smallest absolute Gasteiger partial charge is 0.107 e. The maximum atomic E-state index is 5.75. The lowest BCUT2D eigenvalue weighted by molar-refractivity contribution is 1.04. The predicted octanol–water partition coefficient (Wildman–Crippen LogP) is 3.80. The second kappa shape index (κ2) is 6.31. The lowest BCUT2D eigenvalue weighted by Crippen LogP contribution is -2.15. The van der Waals surface area contributed by atoms with Gasteiger partial charge in [0, 0.05) is 27.1 Å². The van der Waals surface area contributed by atoms with Gasteiger partial charge in [0.25, 0.3) is 0 Å². The van der Waals surface area contributed by atoms with E-state index in [0.29, 0.717) is 4.99 Å². The van der Waals surface area contributed by atoms with Crippen molar-refractivity contribution in [2.75, 3.05) is 11.9 Å². The summed E-state index contributed by atoms with van der Waals surface area (Å²) in [4.78, 5) is 1.77. The van der Waals surface area contributed by atoms with Gasteiger partial charge in [-0.15, -0.1) is 11.3 Å². The average molecular weight is 341 g/mol. The fraction of sp³-hybridized carbons (Fsp3) is 0.154. The summed E-state index contributed by atoms with van der Waals surface area (Å²) < 4.78 is 0.927. The summed E-state index contributed by atoms with van der Waals surface area (Å²) in [6.07, 6.45) is 1.00. The maximum Gasteiger partial charge on any atom is 0.107 e. The van der Waals surface area contributed by atoms with Gasteiger partial charge in [-0.2, -0.15) is 0 Å². The lowest BCUT2D eigenvalue weighted by Gasteiger charge is -2.12. The molecule has 0 bridgehead atoms. The van der Waals surface area contributed by atoms with Gasteiger partial charge < -0.3 is 11.1 Å². The molecule has 0 radical (unpaired) electrons. The number of nitrogens with two attached hydrogens (primary N) is 1. The van der Waals surface area contributed by atoms with E-state index >= 15 is 0 Å². The summed E-state index contributed by atoms with van der Waals surface area (Å²) >= 11 is 10.3. The van der Waals surface area contributed by atoms with Gasteiger partial charge in [0.05, 0.1) is 0 Å². The van der Waals surface area contributed by atoms with E-state index in [1.807, 2.05) is 18.2 Å². The van der Waals surface area contributed by atoms with Gasteiger partial charge in [0.15, 0.2) is 0 Å². The Morgan fingerprint density at radius 1 is 1.33 bits per heavy atom. The highest BCUT2D eigenvalue weighted by Gasteiger charge is 2.08. The molecule has 1 aromatic heterocycles. The molecule has 5 heteroatoms. The Labute approximate surface area is 124 Å². The SMILES string of the molecule is NC(=S)c1c(Br)cccc1NCCc1cccs1. The topological polar surface area (TPSA) is 38.0 Å². The van der Waals surface area contributed by atoms with E-state index in [1.54, 1.807) is 11.3 Å². The first kappa shape index (κ1) is 13.5. The highest BCUT2D eigenvalue weighted by molar-refractivity contribution is 9.10. The molecule has 0 saturated carbocycles. The van der Waals surface area contributed by atoms with Crippen molar-refractivity contribution in [3.63, 3.8) is 0 Å². The Bertz CT molecular complexity index is 538. The fourth-order valence-corrected chi connectivity index (χ4v) is 3.34. The first-order valence-electron chi connectivity index (χ1n) is 5.53. The molecule has 2 aromatic rings. The lowest BCUT2D eigenvalue weighted by atomic mass is 10.1. The summed E-state index contributed by atoms with van der Waals surface area (Å²) in [6, 6.07) is 10.1. The van der Waals surface area contributed by atoms with Crippen molar-refractivity contribution in [3.05, 3.63) is 50.6 Å². The van der Waals surface area contributed by atoms with Crippen molar-refractivity contribution in [1.82, 2.24) is 0 Å². The zero-order valence-corrected chi connectivity index (χ0v) is 12.9. The Morgan fingerprint density at radius 3 is 2.83 bits per heavy atom. The standard InChI is InChI=1S/C13H13BrN2S2/c14-10-4-1-5-11(12(10)13(15)17)16-7-6-9-3-2-8-18-9/h1-5,8,16H,6-7H2,(H2,15,17). The summed E-state index contributed by atoms with van der Waals surface area (Å²) in [6.45, 7) is 0.868. The largest absolute Gasteiger partial charge is 0.389 e. The van der Waals surface area contributed by atoms with Crippen LogP contribution in [-0.4, -0.2) is 11.5 Å². The molecule has 94 valence electrons. The van der Waals surface area contributed by atoms with Crippen molar-refractivity contribution in [3.8, 4) is 0 Å². The third-order valence-electron chi connectivity index (χ3n) is 2.53. The van der Waals surface area contributed by atoms with Crippen LogP contribution in [0.15, 0.2) is 40.2 Å². The Kier molecular flexibility index (Phi) is 4.74. The Morgan fingerprint density at radius 2 is 2.17 bits per heavy atom. The van der Waals surface area contributed by atoms with E-state index < -0.39 is 0 Å². The number of thiophene rings is 1. The molecule has 1 heterocycles. The number of nitrogens with one attached hydrogen (secondary N) is 1. The highest BCUT2D eigenvalue weighted by atomic mass is 79.9. The molecule has 0 aliphatic heterocycles. The third-order valence-corrected chi connectivity index (χ3v) is 4.33. The number of benzene rings is 1. The van der Waals surface area contributed by atoms with Crippen LogP contribution in [0.5, 0.6) is 0 Å². The first-order chi connectivity index (χ1) is 8.68. The van der Waals surface area contributed by atoms with Crippen LogP contribution in [0, 0.1) is 0 Å². The molecule has 0 spiro atoms. The molecule has 18 heavy (non-hydrogen) atoms. The molecule has 3 N–H and O–H groups in total. The summed E-state index contributed by atoms with van der Waals surface area (Å²) in [5, 5.41) is 5.48. The van der Waals surface area contributed by atoms with E-state index in [4.69, 9.17) is 18.0 Å². The van der Waals surface area contributed by atoms with Crippen LogP contribution in [0.1, 0.15) is 10.4 Å². The number of rotatable bonds is 5. The molecule has 0 amide bonds. The van der Waals surface area contributed by atoms with Gasteiger partial charge >= 0.3 is 0 Å². The van der Waals surface area contributed by atoms with Crippen molar-refractivity contribution >= 4 is 50.2 Å². The average Bonchev–Trinajstić information content (AvgIpc) is 2.81. The van der Waals surface area contributed by atoms with E-state index in [1.165, 1.54) is 4.88 Å². The number of anilines is 1. The second-order valence-corrected chi connectivity index (χ2v) is 6.11. The third kappa shape index (κ3) is 3.31. The molecule has 2 nitrogen and oxygen atoms in total. The number of hydrogen-bond acceptors (Lipinski definition) is 3. The zero-order chi connectivity index (χ0) is 13.0. The van der Waals surface area contributed by atoms with Gasteiger partial charge in [-0.25, -0.2) is 0 Å². The summed E-state index contributed by atoms with van der Waals surface area (Å²) in [7, 11) is 0. The van der Waals surface area contributed by atoms with Crippen LogP contribution in [-0.2, 0) is 6.42 Å². The molecule has 0 fully saturated rings. The van der Waals surface area contributed by atoms with Crippen molar-refractivity contribution < 1.29 is 0 Å². The molecule has 1 aromatic carbocycles. The normalized spacial score (nSPS) is 10.3. The molecule has 0 atom stereocenters. The van der Waals surface area contributed by atoms with Crippen LogP contribution in [0.2, 0.25) is 0 Å². The minimum atomic E-state index is 0.404.